The largest absolute Gasteiger partial charge is 0.373 e. The van der Waals surface area contributed by atoms with Crippen LogP contribution in [0.3, 0.4) is 0 Å². The molecule has 10 heavy (non-hydrogen) atoms. The molecule has 0 aliphatic rings. The van der Waals surface area contributed by atoms with Crippen molar-refractivity contribution in [2.24, 2.45) is 11.8 Å². The van der Waals surface area contributed by atoms with Crippen molar-refractivity contribution in [3.8, 4) is 0 Å². The van der Waals surface area contributed by atoms with E-state index < -0.39 is 11.9 Å². The van der Waals surface area contributed by atoms with Crippen LogP contribution >= 0.6 is 0 Å². The van der Waals surface area contributed by atoms with Gasteiger partial charge in [-0.1, -0.05) is 6.92 Å². The zero-order valence-corrected chi connectivity index (χ0v) is 6.09. The van der Waals surface area contributed by atoms with Gasteiger partial charge < -0.3 is 4.84 Å². The first-order valence-corrected chi connectivity index (χ1v) is 3.04. The van der Waals surface area contributed by atoms with Crippen LogP contribution in [0.2, 0.25) is 0 Å². The fourth-order valence-corrected chi connectivity index (χ4v) is 0.702. The maximum atomic E-state index is 10.6. The molecule has 0 bridgehead atoms. The first-order valence-electron chi connectivity index (χ1n) is 3.04. The highest BCUT2D eigenvalue weighted by Gasteiger charge is 2.21. The lowest BCUT2D eigenvalue weighted by Crippen LogP contribution is -2.25. The molecule has 4 nitrogen and oxygen atoms in total. The molecule has 0 aliphatic carbocycles. The second kappa shape index (κ2) is 4.00. The smallest absolute Gasteiger partial charge is 0.334 e. The lowest BCUT2D eigenvalue weighted by molar-refractivity contribution is -0.152. The first-order chi connectivity index (χ1) is 4.63. The Labute approximate surface area is 59.3 Å². The minimum Gasteiger partial charge on any atom is -0.373 e. The van der Waals surface area contributed by atoms with Gasteiger partial charge in [-0.3, -0.25) is 4.79 Å². The second-order valence-electron chi connectivity index (χ2n) is 2.01. The lowest BCUT2D eigenvalue weighted by atomic mass is 10.0. The molecule has 0 rings (SSSR count). The van der Waals surface area contributed by atoms with Gasteiger partial charge in [-0.2, -0.15) is 5.90 Å². The van der Waals surface area contributed by atoms with Crippen molar-refractivity contribution in [3.05, 3.63) is 0 Å². The molecule has 1 unspecified atom stereocenters. The molecule has 0 aromatic heterocycles. The standard InChI is InChI=1S/C6H11NO3/c1-3-5(4(2)8)6(9)10-7/h5H,3,7H2,1-2H3. The van der Waals surface area contributed by atoms with Crippen molar-refractivity contribution in [2.75, 3.05) is 0 Å². The average molecular weight is 145 g/mol. The highest BCUT2D eigenvalue weighted by molar-refractivity contribution is 5.97. The number of ketones is 1. The second-order valence-corrected chi connectivity index (χ2v) is 2.01. The van der Waals surface area contributed by atoms with Crippen LogP contribution in [-0.4, -0.2) is 11.8 Å². The first kappa shape index (κ1) is 9.10. The third-order valence-corrected chi connectivity index (χ3v) is 1.30. The summed E-state index contributed by atoms with van der Waals surface area (Å²) in [4.78, 5) is 25.1. The molecule has 0 radical (unpaired) electrons. The van der Waals surface area contributed by atoms with E-state index in [1.165, 1.54) is 6.92 Å². The number of carbonyl (C=O) groups is 2. The van der Waals surface area contributed by atoms with Crippen LogP contribution in [0.1, 0.15) is 20.3 Å². The summed E-state index contributed by atoms with van der Waals surface area (Å²) in [6.07, 6.45) is 0.436. The van der Waals surface area contributed by atoms with Gasteiger partial charge in [0.15, 0.2) is 0 Å². The van der Waals surface area contributed by atoms with Crippen molar-refractivity contribution >= 4 is 11.8 Å². The Morgan fingerprint density at radius 2 is 2.10 bits per heavy atom. The van der Waals surface area contributed by atoms with Crippen LogP contribution < -0.4 is 5.90 Å². The van der Waals surface area contributed by atoms with Gasteiger partial charge in [0.25, 0.3) is 0 Å². The SMILES string of the molecule is CCC(C(C)=O)C(=O)ON. The summed E-state index contributed by atoms with van der Waals surface area (Å²) in [7, 11) is 0. The molecule has 4 heteroatoms. The molecule has 0 aromatic rings. The zero-order chi connectivity index (χ0) is 8.15. The van der Waals surface area contributed by atoms with Gasteiger partial charge in [-0.05, 0) is 13.3 Å². The van der Waals surface area contributed by atoms with E-state index >= 15 is 0 Å². The van der Waals surface area contributed by atoms with E-state index in [-0.39, 0.29) is 5.78 Å². The number of carbonyl (C=O) groups excluding carboxylic acids is 2. The molecule has 0 aliphatic heterocycles. The fourth-order valence-electron chi connectivity index (χ4n) is 0.702. The summed E-state index contributed by atoms with van der Waals surface area (Å²) in [6.45, 7) is 3.06. The normalized spacial score (nSPS) is 12.3. The van der Waals surface area contributed by atoms with E-state index in [9.17, 15) is 9.59 Å². The fraction of sp³-hybridized carbons (Fsp3) is 0.667. The van der Waals surface area contributed by atoms with Crippen LogP contribution in [0.25, 0.3) is 0 Å². The van der Waals surface area contributed by atoms with E-state index in [0.29, 0.717) is 6.42 Å². The average Bonchev–Trinajstić information content (AvgIpc) is 1.88. The topological polar surface area (TPSA) is 69.4 Å². The molecule has 0 saturated heterocycles. The van der Waals surface area contributed by atoms with Crippen molar-refractivity contribution in [1.82, 2.24) is 0 Å². The predicted molar refractivity (Wildman–Crippen MR) is 34.7 cm³/mol. The predicted octanol–water partition coefficient (Wildman–Crippen LogP) is 0.0185. The van der Waals surface area contributed by atoms with E-state index in [0.717, 1.165) is 0 Å². The van der Waals surface area contributed by atoms with E-state index in [4.69, 9.17) is 0 Å². The van der Waals surface area contributed by atoms with E-state index in [1.807, 2.05) is 0 Å². The quantitative estimate of drug-likeness (QED) is 0.449. The summed E-state index contributed by atoms with van der Waals surface area (Å²) in [5.74, 6) is 3.03. The molecule has 0 spiro atoms. The number of rotatable bonds is 3. The van der Waals surface area contributed by atoms with E-state index in [2.05, 4.69) is 10.7 Å². The van der Waals surface area contributed by atoms with Crippen LogP contribution in [0, 0.1) is 5.92 Å². The van der Waals surface area contributed by atoms with Gasteiger partial charge >= 0.3 is 5.97 Å². The van der Waals surface area contributed by atoms with Crippen LogP contribution in [0.5, 0.6) is 0 Å². The Morgan fingerprint density at radius 1 is 1.60 bits per heavy atom. The Hall–Kier alpha value is -0.900. The maximum Gasteiger partial charge on any atom is 0.334 e. The Kier molecular flexibility index (Phi) is 3.64. The lowest BCUT2D eigenvalue weighted by Gasteiger charge is -2.05. The summed E-state index contributed by atoms with van der Waals surface area (Å²) in [5.41, 5.74) is 0. The summed E-state index contributed by atoms with van der Waals surface area (Å²) < 4.78 is 0. The number of hydrogen-bond acceptors (Lipinski definition) is 4. The molecule has 2 N–H and O–H groups in total. The molecule has 0 fully saturated rings. The van der Waals surface area contributed by atoms with Crippen molar-refractivity contribution < 1.29 is 14.4 Å². The molecule has 0 heterocycles. The number of hydrogen-bond donors (Lipinski definition) is 1. The van der Waals surface area contributed by atoms with Gasteiger partial charge in [-0.25, -0.2) is 4.79 Å². The van der Waals surface area contributed by atoms with Crippen LogP contribution in [-0.2, 0) is 14.4 Å². The van der Waals surface area contributed by atoms with Gasteiger partial charge in [0.05, 0.1) is 0 Å². The summed E-state index contributed by atoms with van der Waals surface area (Å²) >= 11 is 0. The van der Waals surface area contributed by atoms with E-state index in [1.54, 1.807) is 6.92 Å². The monoisotopic (exact) mass is 145 g/mol. The zero-order valence-electron chi connectivity index (χ0n) is 6.09. The molecule has 0 amide bonds. The van der Waals surface area contributed by atoms with Crippen molar-refractivity contribution in [3.63, 3.8) is 0 Å². The van der Waals surface area contributed by atoms with Gasteiger partial charge in [0, 0.05) is 0 Å². The third kappa shape index (κ3) is 2.14. The minimum absolute atomic E-state index is 0.210. The Balaban J connectivity index is 4.06. The van der Waals surface area contributed by atoms with Crippen LogP contribution in [0.15, 0.2) is 0 Å². The molecule has 58 valence electrons. The third-order valence-electron chi connectivity index (χ3n) is 1.30. The highest BCUT2D eigenvalue weighted by atomic mass is 16.7. The minimum atomic E-state index is -0.690. The van der Waals surface area contributed by atoms with Crippen LogP contribution in [0.4, 0.5) is 0 Å². The molecular formula is C6H11NO3. The molecular weight excluding hydrogens is 134 g/mol. The highest BCUT2D eigenvalue weighted by Crippen LogP contribution is 2.04. The van der Waals surface area contributed by atoms with Crippen molar-refractivity contribution in [1.29, 1.82) is 0 Å². The van der Waals surface area contributed by atoms with Crippen molar-refractivity contribution in [2.45, 2.75) is 20.3 Å². The van der Waals surface area contributed by atoms with Gasteiger partial charge in [-0.15, -0.1) is 0 Å². The molecule has 0 aromatic carbocycles. The maximum absolute atomic E-state index is 10.6. The Bertz CT molecular complexity index is 144. The number of nitrogens with two attached hydrogens (primary N) is 1. The Morgan fingerprint density at radius 3 is 2.20 bits per heavy atom. The van der Waals surface area contributed by atoms with Gasteiger partial charge in [0.1, 0.15) is 11.7 Å². The number of Topliss-reactive ketones (excluding diaryl/α,β-unsaturated/α-hetero) is 1. The summed E-state index contributed by atoms with van der Waals surface area (Å²) in [5, 5.41) is 0. The molecule has 0 saturated carbocycles. The summed E-state index contributed by atoms with van der Waals surface area (Å²) in [6, 6.07) is 0. The molecule has 1 atom stereocenters. The van der Waals surface area contributed by atoms with Gasteiger partial charge in [0.2, 0.25) is 0 Å².